The van der Waals surface area contributed by atoms with Crippen LogP contribution in [0.4, 0.5) is 0 Å². The molecule has 4 heteroatoms. The van der Waals surface area contributed by atoms with Crippen LogP contribution >= 0.6 is 0 Å². The molecule has 2 rings (SSSR count). The van der Waals surface area contributed by atoms with Gasteiger partial charge in [-0.15, -0.1) is 12.4 Å². The molecule has 1 aromatic carbocycles. The van der Waals surface area contributed by atoms with Crippen LogP contribution in [-0.4, -0.2) is 16.9 Å². The van der Waals surface area contributed by atoms with E-state index in [4.69, 9.17) is 4.74 Å². The standard InChI is InChI=1S/C11H11N2O.Li/c1-14-11-5-3-10(4-6-11)9-13-8-2-7-12-13;/h2-7H,9H2,1H3;/q-1;+1. The zero-order valence-electron chi connectivity index (χ0n) is 8.97. The third kappa shape index (κ3) is 3.16. The van der Waals surface area contributed by atoms with Crippen molar-refractivity contribution in [1.82, 2.24) is 9.78 Å². The Hall–Kier alpha value is -1.17. The summed E-state index contributed by atoms with van der Waals surface area (Å²) in [6.45, 7) is 0.747. The maximum absolute atomic E-state index is 5.07. The van der Waals surface area contributed by atoms with E-state index in [9.17, 15) is 0 Å². The number of ether oxygens (including phenoxy) is 1. The smallest absolute Gasteiger partial charge is 0.497 e. The van der Waals surface area contributed by atoms with Gasteiger partial charge in [-0.25, -0.2) is 0 Å². The Morgan fingerprint density at radius 1 is 1.33 bits per heavy atom. The van der Waals surface area contributed by atoms with Crippen LogP contribution in [-0.2, 0) is 6.54 Å². The fourth-order valence-electron chi connectivity index (χ4n) is 1.26. The molecule has 0 atom stereocenters. The van der Waals surface area contributed by atoms with E-state index in [2.05, 4.69) is 11.3 Å². The van der Waals surface area contributed by atoms with Gasteiger partial charge >= 0.3 is 18.9 Å². The first-order valence-electron chi connectivity index (χ1n) is 4.41. The van der Waals surface area contributed by atoms with Gasteiger partial charge in [-0.1, -0.05) is 12.1 Å². The van der Waals surface area contributed by atoms with Crippen LogP contribution in [0.3, 0.4) is 0 Å². The number of hydrogen-bond acceptors (Lipinski definition) is 2. The van der Waals surface area contributed by atoms with Gasteiger partial charge in [-0.3, -0.25) is 5.10 Å². The minimum atomic E-state index is 0. The van der Waals surface area contributed by atoms with Gasteiger partial charge in [0.05, 0.1) is 7.11 Å². The first kappa shape index (κ1) is 11.9. The Morgan fingerprint density at radius 2 is 2.07 bits per heavy atom. The molecule has 0 aliphatic carbocycles. The van der Waals surface area contributed by atoms with Gasteiger partial charge in [-0.05, 0) is 17.7 Å². The van der Waals surface area contributed by atoms with E-state index in [1.54, 1.807) is 24.1 Å². The van der Waals surface area contributed by atoms with Gasteiger partial charge in [-0.2, -0.15) is 6.07 Å². The van der Waals surface area contributed by atoms with Gasteiger partial charge in [0.2, 0.25) is 0 Å². The molecule has 0 saturated carbocycles. The monoisotopic (exact) mass is 194 g/mol. The van der Waals surface area contributed by atoms with Crippen LogP contribution in [0, 0.1) is 6.20 Å². The number of hydrogen-bond donors (Lipinski definition) is 0. The maximum atomic E-state index is 5.07. The van der Waals surface area contributed by atoms with E-state index in [1.807, 2.05) is 24.3 Å². The number of methoxy groups -OCH3 is 1. The van der Waals surface area contributed by atoms with Crippen molar-refractivity contribution < 1.29 is 23.6 Å². The van der Waals surface area contributed by atoms with Gasteiger partial charge in [0.25, 0.3) is 0 Å². The molecule has 15 heavy (non-hydrogen) atoms. The van der Waals surface area contributed by atoms with Crippen LogP contribution < -0.4 is 23.6 Å². The molecule has 0 aliphatic heterocycles. The van der Waals surface area contributed by atoms with Gasteiger partial charge in [0, 0.05) is 6.54 Å². The number of aromatic nitrogens is 2. The Labute approximate surface area is 101 Å². The van der Waals surface area contributed by atoms with E-state index in [0.717, 1.165) is 12.3 Å². The molecule has 72 valence electrons. The van der Waals surface area contributed by atoms with Crippen molar-refractivity contribution in [2.75, 3.05) is 7.11 Å². The molecular formula is C11H11LiN2O. The summed E-state index contributed by atoms with van der Waals surface area (Å²) in [7, 11) is 1.66. The van der Waals surface area contributed by atoms with Gasteiger partial charge < -0.3 is 9.42 Å². The van der Waals surface area contributed by atoms with Crippen molar-refractivity contribution in [2.24, 2.45) is 0 Å². The summed E-state index contributed by atoms with van der Waals surface area (Å²) in [5, 5.41) is 4.08. The summed E-state index contributed by atoms with van der Waals surface area (Å²) in [6.07, 6.45) is 4.71. The second-order valence-corrected chi connectivity index (χ2v) is 2.97. The van der Waals surface area contributed by atoms with Crippen molar-refractivity contribution >= 4 is 0 Å². The van der Waals surface area contributed by atoms with Crippen molar-refractivity contribution in [1.29, 1.82) is 0 Å². The average molecular weight is 194 g/mol. The van der Waals surface area contributed by atoms with Crippen LogP contribution in [0.1, 0.15) is 5.56 Å². The van der Waals surface area contributed by atoms with Crippen molar-refractivity contribution in [3.8, 4) is 5.75 Å². The molecule has 1 heterocycles. The second kappa shape index (κ2) is 5.65. The van der Waals surface area contributed by atoms with Crippen molar-refractivity contribution in [3.05, 3.63) is 48.3 Å². The molecule has 3 nitrogen and oxygen atoms in total. The zero-order chi connectivity index (χ0) is 9.80. The van der Waals surface area contributed by atoms with Crippen molar-refractivity contribution in [3.63, 3.8) is 0 Å². The van der Waals surface area contributed by atoms with E-state index in [-0.39, 0.29) is 18.9 Å². The molecule has 0 unspecified atom stereocenters. The molecule has 0 aliphatic rings. The summed E-state index contributed by atoms with van der Waals surface area (Å²) < 4.78 is 6.84. The third-order valence-electron chi connectivity index (χ3n) is 2.00. The van der Waals surface area contributed by atoms with E-state index in [0.29, 0.717) is 0 Å². The number of nitrogens with zero attached hydrogens (tertiary/aromatic N) is 2. The molecule has 0 fully saturated rings. The summed E-state index contributed by atoms with van der Waals surface area (Å²) >= 11 is 0. The molecule has 1 aromatic heterocycles. The quantitative estimate of drug-likeness (QED) is 0.450. The SMILES string of the molecule is COc1ccc(Cn2[c-]ccn2)cc1.[Li+]. The molecule has 2 aromatic rings. The van der Waals surface area contributed by atoms with Crippen LogP contribution in [0.2, 0.25) is 0 Å². The summed E-state index contributed by atoms with van der Waals surface area (Å²) in [5.74, 6) is 0.873. The molecule has 0 N–H and O–H groups in total. The third-order valence-corrected chi connectivity index (χ3v) is 2.00. The minimum absolute atomic E-state index is 0. The molecule has 0 spiro atoms. The Kier molecular flexibility index (Phi) is 4.48. The number of benzene rings is 1. The fourth-order valence-corrected chi connectivity index (χ4v) is 1.26. The minimum Gasteiger partial charge on any atom is -0.497 e. The van der Waals surface area contributed by atoms with Crippen molar-refractivity contribution in [2.45, 2.75) is 6.54 Å². The van der Waals surface area contributed by atoms with E-state index >= 15 is 0 Å². The largest absolute Gasteiger partial charge is 1.00 e. The van der Waals surface area contributed by atoms with E-state index in [1.165, 1.54) is 5.56 Å². The van der Waals surface area contributed by atoms with Crippen LogP contribution in [0.25, 0.3) is 0 Å². The summed E-state index contributed by atoms with van der Waals surface area (Å²) in [6, 6.07) is 9.73. The maximum Gasteiger partial charge on any atom is 1.00 e. The topological polar surface area (TPSA) is 27.1 Å². The Bertz CT molecular complexity index is 383. The fraction of sp³-hybridized carbons (Fsp3) is 0.182. The molecule has 0 bridgehead atoms. The molecule has 0 saturated heterocycles. The Morgan fingerprint density at radius 3 is 2.60 bits per heavy atom. The Balaban J connectivity index is 0.00000112. The van der Waals surface area contributed by atoms with E-state index < -0.39 is 0 Å². The summed E-state index contributed by atoms with van der Waals surface area (Å²) in [4.78, 5) is 0. The van der Waals surface area contributed by atoms with Crippen LogP contribution in [0.5, 0.6) is 5.75 Å². The molecular weight excluding hydrogens is 183 g/mol. The molecule has 0 radical (unpaired) electrons. The number of rotatable bonds is 3. The predicted molar refractivity (Wildman–Crippen MR) is 53.2 cm³/mol. The van der Waals surface area contributed by atoms with Gasteiger partial charge in [0.1, 0.15) is 5.75 Å². The van der Waals surface area contributed by atoms with Gasteiger partial charge in [0.15, 0.2) is 0 Å². The summed E-state index contributed by atoms with van der Waals surface area (Å²) in [5.41, 5.74) is 1.19. The average Bonchev–Trinajstić information content (AvgIpc) is 2.72. The first-order chi connectivity index (χ1) is 6.88. The normalized spacial score (nSPS) is 9.40. The molecule has 0 amide bonds. The second-order valence-electron chi connectivity index (χ2n) is 2.97. The predicted octanol–water partition coefficient (Wildman–Crippen LogP) is -1.26. The van der Waals surface area contributed by atoms with Crippen LogP contribution in [0.15, 0.2) is 36.5 Å². The first-order valence-corrected chi connectivity index (χ1v) is 4.41. The zero-order valence-corrected chi connectivity index (χ0v) is 8.97.